The molecule has 4 nitrogen and oxygen atoms in total. The first kappa shape index (κ1) is 17.1. The lowest BCUT2D eigenvalue weighted by Gasteiger charge is -2.25. The van der Waals surface area contributed by atoms with Gasteiger partial charge in [-0.3, -0.25) is 9.59 Å². The molecule has 0 aliphatic carbocycles. The molecule has 0 radical (unpaired) electrons. The second-order valence-corrected chi connectivity index (χ2v) is 5.98. The van der Waals surface area contributed by atoms with E-state index in [2.05, 4.69) is 0 Å². The zero-order valence-electron chi connectivity index (χ0n) is 14.1. The molecule has 1 aliphatic heterocycles. The summed E-state index contributed by atoms with van der Waals surface area (Å²) in [5.41, 5.74) is 2.59. The van der Waals surface area contributed by atoms with Crippen LogP contribution in [0.1, 0.15) is 21.5 Å². The van der Waals surface area contributed by atoms with E-state index in [0.29, 0.717) is 38.3 Å². The maximum Gasteiger partial charge on any atom is 0.246 e. The molecule has 25 heavy (non-hydrogen) atoms. The van der Waals surface area contributed by atoms with E-state index in [4.69, 9.17) is 4.74 Å². The highest BCUT2D eigenvalue weighted by Crippen LogP contribution is 2.11. The molecule has 0 saturated carbocycles. The molecule has 3 rings (SSSR count). The van der Waals surface area contributed by atoms with Crippen molar-refractivity contribution >= 4 is 17.8 Å². The second kappa shape index (κ2) is 8.40. The molecule has 4 heteroatoms. The number of Topliss-reactive ketones (excluding diaryl/α,β-unsaturated/α-hetero) is 1. The summed E-state index contributed by atoms with van der Waals surface area (Å²) in [6, 6.07) is 17.0. The van der Waals surface area contributed by atoms with E-state index in [1.54, 1.807) is 17.1 Å². The maximum atomic E-state index is 12.3. The van der Waals surface area contributed by atoms with Crippen LogP contribution in [-0.4, -0.2) is 42.9 Å². The van der Waals surface area contributed by atoms with Gasteiger partial charge in [-0.15, -0.1) is 0 Å². The number of nitrogens with zero attached hydrogens (tertiary/aromatic N) is 1. The summed E-state index contributed by atoms with van der Waals surface area (Å²) in [4.78, 5) is 26.2. The molecule has 2 aromatic carbocycles. The number of amides is 1. The minimum atomic E-state index is -0.00692. The third kappa shape index (κ3) is 4.88. The molecule has 1 aliphatic rings. The Morgan fingerprint density at radius 2 is 1.64 bits per heavy atom. The molecule has 2 aromatic rings. The van der Waals surface area contributed by atoms with Gasteiger partial charge in [0.1, 0.15) is 0 Å². The van der Waals surface area contributed by atoms with Gasteiger partial charge in [-0.25, -0.2) is 0 Å². The molecule has 0 unspecified atom stereocenters. The standard InChI is InChI=1S/C21H21NO3/c23-20(16-18-4-2-1-3-5-18)19-9-6-17(7-10-19)8-11-21(24)22-12-14-25-15-13-22/h1-11H,12-16H2/b11-8+. The molecule has 0 bridgehead atoms. The summed E-state index contributed by atoms with van der Waals surface area (Å²) >= 11 is 0. The smallest absolute Gasteiger partial charge is 0.246 e. The van der Waals surface area contributed by atoms with Crippen molar-refractivity contribution < 1.29 is 14.3 Å². The fourth-order valence-corrected chi connectivity index (χ4v) is 2.72. The van der Waals surface area contributed by atoms with Crippen molar-refractivity contribution in [1.29, 1.82) is 0 Å². The topological polar surface area (TPSA) is 46.6 Å². The number of morpholine rings is 1. The van der Waals surface area contributed by atoms with Crippen molar-refractivity contribution in [2.45, 2.75) is 6.42 Å². The third-order valence-corrected chi connectivity index (χ3v) is 4.18. The summed E-state index contributed by atoms with van der Waals surface area (Å²) in [7, 11) is 0. The number of hydrogen-bond donors (Lipinski definition) is 0. The van der Waals surface area contributed by atoms with Gasteiger partial charge < -0.3 is 9.64 Å². The number of carbonyl (C=O) groups excluding carboxylic acids is 2. The molecular formula is C21H21NO3. The summed E-state index contributed by atoms with van der Waals surface area (Å²) in [5, 5.41) is 0. The molecule has 128 valence electrons. The van der Waals surface area contributed by atoms with Crippen LogP contribution < -0.4 is 0 Å². The Bertz CT molecular complexity index is 744. The molecule has 0 spiro atoms. The second-order valence-electron chi connectivity index (χ2n) is 5.98. The highest BCUT2D eigenvalue weighted by molar-refractivity contribution is 5.98. The molecule has 0 atom stereocenters. The molecule has 1 fully saturated rings. The van der Waals surface area contributed by atoms with Gasteiger partial charge in [-0.2, -0.15) is 0 Å². The van der Waals surface area contributed by atoms with Crippen LogP contribution in [0, 0.1) is 0 Å². The Kier molecular flexibility index (Phi) is 5.75. The molecule has 0 aromatic heterocycles. The lowest BCUT2D eigenvalue weighted by atomic mass is 10.0. The normalized spacial score (nSPS) is 14.6. The van der Waals surface area contributed by atoms with Crippen molar-refractivity contribution in [3.63, 3.8) is 0 Å². The van der Waals surface area contributed by atoms with Crippen molar-refractivity contribution in [2.75, 3.05) is 26.3 Å². The Morgan fingerprint density at radius 1 is 0.960 bits per heavy atom. The summed E-state index contributed by atoms with van der Waals surface area (Å²) < 4.78 is 5.24. The van der Waals surface area contributed by atoms with Crippen LogP contribution in [0.25, 0.3) is 6.08 Å². The highest BCUT2D eigenvalue weighted by atomic mass is 16.5. The van der Waals surface area contributed by atoms with Crippen LogP contribution in [0.2, 0.25) is 0 Å². The fourth-order valence-electron chi connectivity index (χ4n) is 2.72. The Hall–Kier alpha value is -2.72. The summed E-state index contributed by atoms with van der Waals surface area (Å²) in [6.07, 6.45) is 3.75. The van der Waals surface area contributed by atoms with Gasteiger partial charge in [0.2, 0.25) is 5.91 Å². The van der Waals surface area contributed by atoms with E-state index in [1.165, 1.54) is 0 Å². The van der Waals surface area contributed by atoms with Gasteiger partial charge in [-0.05, 0) is 17.2 Å². The van der Waals surface area contributed by atoms with E-state index < -0.39 is 0 Å². The number of ether oxygens (including phenoxy) is 1. The number of carbonyl (C=O) groups is 2. The number of benzene rings is 2. The lowest BCUT2D eigenvalue weighted by molar-refractivity contribution is -0.129. The van der Waals surface area contributed by atoms with Crippen molar-refractivity contribution in [1.82, 2.24) is 4.90 Å². The van der Waals surface area contributed by atoms with E-state index in [0.717, 1.165) is 11.1 Å². The Balaban J connectivity index is 1.59. The number of ketones is 1. The van der Waals surface area contributed by atoms with Gasteiger partial charge in [0.15, 0.2) is 5.78 Å². The summed E-state index contributed by atoms with van der Waals surface area (Å²) in [5.74, 6) is 0.0821. The first-order chi connectivity index (χ1) is 12.2. The number of rotatable bonds is 5. The first-order valence-corrected chi connectivity index (χ1v) is 8.44. The van der Waals surface area contributed by atoms with Gasteiger partial charge in [0, 0.05) is 31.1 Å². The summed E-state index contributed by atoms with van der Waals surface area (Å²) in [6.45, 7) is 2.46. The third-order valence-electron chi connectivity index (χ3n) is 4.18. The van der Waals surface area contributed by atoms with Gasteiger partial charge in [0.25, 0.3) is 0 Å². The minimum Gasteiger partial charge on any atom is -0.378 e. The minimum absolute atomic E-state index is 0.00692. The van der Waals surface area contributed by atoms with Crippen LogP contribution in [-0.2, 0) is 16.0 Å². The van der Waals surface area contributed by atoms with E-state index in [1.807, 2.05) is 54.6 Å². The fraction of sp³-hybridized carbons (Fsp3) is 0.238. The molecule has 1 amide bonds. The van der Waals surface area contributed by atoms with Crippen LogP contribution in [0.15, 0.2) is 60.7 Å². The number of hydrogen-bond acceptors (Lipinski definition) is 3. The molecular weight excluding hydrogens is 314 g/mol. The van der Waals surface area contributed by atoms with E-state index >= 15 is 0 Å². The van der Waals surface area contributed by atoms with E-state index in [9.17, 15) is 9.59 Å². The van der Waals surface area contributed by atoms with Crippen LogP contribution >= 0.6 is 0 Å². The first-order valence-electron chi connectivity index (χ1n) is 8.44. The van der Waals surface area contributed by atoms with E-state index in [-0.39, 0.29) is 11.7 Å². The van der Waals surface area contributed by atoms with Gasteiger partial charge in [0.05, 0.1) is 13.2 Å². The zero-order chi connectivity index (χ0) is 17.5. The van der Waals surface area contributed by atoms with Crippen molar-refractivity contribution in [3.05, 3.63) is 77.4 Å². The SMILES string of the molecule is O=C(Cc1ccccc1)c1ccc(/C=C/C(=O)N2CCOCC2)cc1. The van der Waals surface area contributed by atoms with Crippen LogP contribution in [0.4, 0.5) is 0 Å². The maximum absolute atomic E-state index is 12.3. The zero-order valence-corrected chi connectivity index (χ0v) is 14.1. The monoisotopic (exact) mass is 335 g/mol. The van der Waals surface area contributed by atoms with Gasteiger partial charge >= 0.3 is 0 Å². The molecule has 0 N–H and O–H groups in total. The van der Waals surface area contributed by atoms with Crippen LogP contribution in [0.5, 0.6) is 0 Å². The molecule has 1 heterocycles. The molecule has 1 saturated heterocycles. The Morgan fingerprint density at radius 3 is 2.32 bits per heavy atom. The van der Waals surface area contributed by atoms with Crippen molar-refractivity contribution in [3.8, 4) is 0 Å². The largest absolute Gasteiger partial charge is 0.378 e. The predicted octanol–water partition coefficient (Wildman–Crippen LogP) is 2.98. The van der Waals surface area contributed by atoms with Crippen molar-refractivity contribution in [2.24, 2.45) is 0 Å². The quantitative estimate of drug-likeness (QED) is 0.623. The van der Waals surface area contributed by atoms with Crippen LogP contribution in [0.3, 0.4) is 0 Å². The highest BCUT2D eigenvalue weighted by Gasteiger charge is 2.14. The Labute approximate surface area is 147 Å². The predicted molar refractivity (Wildman–Crippen MR) is 97.4 cm³/mol. The lowest BCUT2D eigenvalue weighted by Crippen LogP contribution is -2.39. The average Bonchev–Trinajstić information content (AvgIpc) is 2.68. The average molecular weight is 335 g/mol. The van der Waals surface area contributed by atoms with Gasteiger partial charge in [-0.1, -0.05) is 54.6 Å².